The van der Waals surface area contributed by atoms with E-state index in [-0.39, 0.29) is 37.9 Å². The molecule has 0 heterocycles. The first kappa shape index (κ1) is 60.3. The largest absolute Gasteiger partial charge is 0.481 e. The SMILES string of the molecule is CCC(C)C(NC(=O)C(CC(=O)O)NC(=O)CNC(=O)CNC(=O)C(C)NC(=O)C(NC(=O)C(CCSC)NC(=O)C(N)C(C)O)C(C)C)C(=O)NC(CCCN=C(N)N)C(=O)O.N. The molecule has 0 fully saturated rings. The third-order valence-corrected chi connectivity index (χ3v) is 9.96. The molecule has 0 aromatic carbocycles. The molecule has 0 radical (unpaired) electrons. The molecule has 0 aromatic heterocycles. The molecule has 0 aliphatic carbocycles. The first-order valence-electron chi connectivity index (χ1n) is 20.1. The van der Waals surface area contributed by atoms with E-state index in [1.807, 2.05) is 0 Å². The van der Waals surface area contributed by atoms with Gasteiger partial charge in [-0.25, -0.2) is 4.79 Å². The summed E-state index contributed by atoms with van der Waals surface area (Å²) in [6.45, 7) is 7.80. The molecule has 64 heavy (non-hydrogen) atoms. The molecule has 26 nitrogen and oxygen atoms in total. The molecule has 8 amide bonds. The molecule has 27 heteroatoms. The summed E-state index contributed by atoms with van der Waals surface area (Å²) in [5.74, 6) is -10.6. The van der Waals surface area contributed by atoms with E-state index in [2.05, 4.69) is 47.5 Å². The minimum atomic E-state index is -1.74. The zero-order chi connectivity index (χ0) is 48.6. The summed E-state index contributed by atoms with van der Waals surface area (Å²) in [6.07, 6.45) is 0.310. The molecule has 0 saturated heterocycles. The molecular formula is C37H69N13O13S. The molecule has 0 aromatic rings. The molecule has 0 saturated carbocycles. The van der Waals surface area contributed by atoms with Crippen molar-refractivity contribution in [1.82, 2.24) is 48.7 Å². The molecule has 20 N–H and O–H groups in total. The first-order valence-corrected chi connectivity index (χ1v) is 21.5. The molecule has 0 aliphatic rings. The summed E-state index contributed by atoms with van der Waals surface area (Å²) < 4.78 is 0. The second kappa shape index (κ2) is 31.1. The van der Waals surface area contributed by atoms with Crippen LogP contribution in [0.15, 0.2) is 4.99 Å². The van der Waals surface area contributed by atoms with E-state index in [4.69, 9.17) is 17.2 Å². The zero-order valence-electron chi connectivity index (χ0n) is 37.4. The Hall–Kier alpha value is -5.80. The van der Waals surface area contributed by atoms with Gasteiger partial charge in [0, 0.05) is 6.54 Å². The summed E-state index contributed by atoms with van der Waals surface area (Å²) >= 11 is 1.41. The van der Waals surface area contributed by atoms with Gasteiger partial charge in [-0.1, -0.05) is 34.1 Å². The van der Waals surface area contributed by atoms with Gasteiger partial charge in [0.1, 0.15) is 42.3 Å². The van der Waals surface area contributed by atoms with Crippen LogP contribution < -0.4 is 65.9 Å². The number of aliphatic hydroxyl groups excluding tert-OH is 1. The minimum absolute atomic E-state index is 0. The average Bonchev–Trinajstić information content (AvgIpc) is 3.20. The fourth-order valence-corrected chi connectivity index (χ4v) is 5.79. The van der Waals surface area contributed by atoms with Gasteiger partial charge < -0.3 is 81.2 Å². The standard InChI is InChI=1S/C37H66N12O13S.H3N/c1-8-18(4)29(35(60)47-22(36(61)62)10-9-12-41-37(39)40)49-32(57)23(14-26(53)54)45-25(52)16-42-24(51)15-43-30(55)19(5)44-34(59)28(17(2)3)48-31(56)21(11-13-63-7)46-33(58)27(38)20(6)50;/h17-23,27-29,50H,8-16,38H2,1-7H3,(H,42,51)(H,43,55)(H,44,59)(H,45,52)(H,46,58)(H,47,60)(H,48,56)(H,49,57)(H,53,54)(H,61,62)(H4,39,40,41);1H3. The average molecular weight is 936 g/mol. The maximum atomic E-state index is 13.2. The highest BCUT2D eigenvalue weighted by Gasteiger charge is 2.34. The number of thioether (sulfide) groups is 1. The number of hydrogen-bond donors (Lipinski definition) is 15. The van der Waals surface area contributed by atoms with Gasteiger partial charge in [-0.05, 0) is 57.0 Å². The first-order chi connectivity index (χ1) is 29.4. The molecule has 9 atom stereocenters. The lowest BCUT2D eigenvalue weighted by molar-refractivity contribution is -0.143. The number of aliphatic carboxylic acids is 2. The second-order valence-electron chi connectivity index (χ2n) is 15.0. The van der Waals surface area contributed by atoms with E-state index >= 15 is 0 Å². The van der Waals surface area contributed by atoms with Crippen LogP contribution in [0.3, 0.4) is 0 Å². The van der Waals surface area contributed by atoms with Crippen molar-refractivity contribution in [3.05, 3.63) is 0 Å². The number of amides is 8. The quantitative estimate of drug-likeness (QED) is 0.0182. The highest BCUT2D eigenvalue weighted by atomic mass is 32.2. The number of carboxylic acids is 2. The molecule has 9 unspecified atom stereocenters. The number of nitrogens with zero attached hydrogens (tertiary/aromatic N) is 1. The smallest absolute Gasteiger partial charge is 0.326 e. The van der Waals surface area contributed by atoms with Gasteiger partial charge in [0.2, 0.25) is 47.3 Å². The van der Waals surface area contributed by atoms with Crippen LogP contribution >= 0.6 is 11.8 Å². The van der Waals surface area contributed by atoms with Crippen LogP contribution in [0.1, 0.15) is 73.6 Å². The van der Waals surface area contributed by atoms with Crippen molar-refractivity contribution in [2.24, 2.45) is 34.0 Å². The Morgan fingerprint density at radius 2 is 1.20 bits per heavy atom. The maximum Gasteiger partial charge on any atom is 0.326 e. The number of carbonyl (C=O) groups excluding carboxylic acids is 8. The lowest BCUT2D eigenvalue weighted by atomic mass is 9.97. The number of carboxylic acid groups (broad SMARTS) is 2. The Bertz CT molecular complexity index is 1630. The Morgan fingerprint density at radius 3 is 1.72 bits per heavy atom. The van der Waals surface area contributed by atoms with Crippen molar-refractivity contribution >= 4 is 76.9 Å². The lowest BCUT2D eigenvalue weighted by Crippen LogP contribution is -2.59. The van der Waals surface area contributed by atoms with Crippen molar-refractivity contribution in [3.8, 4) is 0 Å². The van der Waals surface area contributed by atoms with Gasteiger partial charge in [0.25, 0.3) is 0 Å². The minimum Gasteiger partial charge on any atom is -0.481 e. The fourth-order valence-electron chi connectivity index (χ4n) is 5.32. The van der Waals surface area contributed by atoms with E-state index in [1.54, 1.807) is 34.0 Å². The Labute approximate surface area is 375 Å². The Kier molecular flexibility index (Phi) is 29.3. The van der Waals surface area contributed by atoms with E-state index < -0.39 is 139 Å². The van der Waals surface area contributed by atoms with Gasteiger partial charge in [-0.15, -0.1) is 0 Å². The number of rotatable bonds is 30. The molecular weight excluding hydrogens is 867 g/mol. The molecule has 366 valence electrons. The van der Waals surface area contributed by atoms with Crippen LogP contribution in [0.25, 0.3) is 0 Å². The number of guanidine groups is 1. The molecule has 0 rings (SSSR count). The van der Waals surface area contributed by atoms with Crippen molar-refractivity contribution < 1.29 is 63.3 Å². The van der Waals surface area contributed by atoms with Crippen molar-refractivity contribution in [3.63, 3.8) is 0 Å². The van der Waals surface area contributed by atoms with Crippen LogP contribution in [0.4, 0.5) is 0 Å². The highest BCUT2D eigenvalue weighted by Crippen LogP contribution is 2.11. The summed E-state index contributed by atoms with van der Waals surface area (Å²) in [4.78, 5) is 130. The number of nitrogens with one attached hydrogen (secondary N) is 8. The summed E-state index contributed by atoms with van der Waals surface area (Å²) in [7, 11) is 0. The third kappa shape index (κ3) is 23.6. The molecule has 0 aliphatic heterocycles. The van der Waals surface area contributed by atoms with E-state index in [9.17, 15) is 63.3 Å². The van der Waals surface area contributed by atoms with E-state index in [1.165, 1.54) is 25.6 Å². The van der Waals surface area contributed by atoms with Crippen LogP contribution in [0, 0.1) is 11.8 Å². The van der Waals surface area contributed by atoms with Crippen LogP contribution in [-0.2, 0) is 47.9 Å². The van der Waals surface area contributed by atoms with Crippen LogP contribution in [0.5, 0.6) is 0 Å². The van der Waals surface area contributed by atoms with Gasteiger partial charge in [0.15, 0.2) is 5.96 Å². The number of aliphatic imine (C=N–C) groups is 1. The second-order valence-corrected chi connectivity index (χ2v) is 16.0. The summed E-state index contributed by atoms with van der Waals surface area (Å²) in [5.41, 5.74) is 16.2. The summed E-state index contributed by atoms with van der Waals surface area (Å²) in [6, 6.07) is -9.25. The van der Waals surface area contributed by atoms with E-state index in [0.717, 1.165) is 0 Å². The topological polar surface area (TPSA) is 453 Å². The van der Waals surface area contributed by atoms with Crippen molar-refractivity contribution in [2.75, 3.05) is 31.6 Å². The molecule has 0 bridgehead atoms. The predicted octanol–water partition coefficient (Wildman–Crippen LogP) is -4.91. The predicted molar refractivity (Wildman–Crippen MR) is 235 cm³/mol. The normalized spacial score (nSPS) is 15.0. The van der Waals surface area contributed by atoms with Crippen molar-refractivity contribution in [2.45, 2.75) is 122 Å². The maximum absolute atomic E-state index is 13.2. The van der Waals surface area contributed by atoms with Crippen molar-refractivity contribution in [1.29, 1.82) is 0 Å². The Morgan fingerprint density at radius 1 is 0.656 bits per heavy atom. The highest BCUT2D eigenvalue weighted by molar-refractivity contribution is 7.98. The van der Waals surface area contributed by atoms with Gasteiger partial charge in [-0.2, -0.15) is 11.8 Å². The number of carbonyl (C=O) groups is 10. The lowest BCUT2D eigenvalue weighted by Gasteiger charge is -2.27. The van der Waals surface area contributed by atoms with Gasteiger partial charge in [-0.3, -0.25) is 48.1 Å². The van der Waals surface area contributed by atoms with Crippen LogP contribution in [0.2, 0.25) is 0 Å². The van der Waals surface area contributed by atoms with Gasteiger partial charge >= 0.3 is 11.9 Å². The number of nitrogens with two attached hydrogens (primary N) is 3. The third-order valence-electron chi connectivity index (χ3n) is 9.32. The molecule has 0 spiro atoms. The Balaban J connectivity index is 0. The number of hydrogen-bond acceptors (Lipinski definition) is 15. The zero-order valence-corrected chi connectivity index (χ0v) is 38.2. The van der Waals surface area contributed by atoms with E-state index in [0.29, 0.717) is 12.2 Å². The van der Waals surface area contributed by atoms with Gasteiger partial charge in [0.05, 0.1) is 25.6 Å². The summed E-state index contributed by atoms with van der Waals surface area (Å²) in [5, 5.41) is 47.6. The monoisotopic (exact) mass is 935 g/mol. The van der Waals surface area contributed by atoms with Crippen LogP contribution in [-0.4, -0.2) is 161 Å². The fraction of sp³-hybridized carbons (Fsp3) is 0.703. The number of aliphatic hydroxyl groups is 1.